The summed E-state index contributed by atoms with van der Waals surface area (Å²) < 4.78 is 0. The SMILES string of the molecule is Cc1cc(C)cc(CSc2nnc(C)c(C)c2CN)c1. The Morgan fingerprint density at radius 3 is 2.25 bits per heavy atom. The van der Waals surface area contributed by atoms with Gasteiger partial charge in [0.1, 0.15) is 5.03 Å². The zero-order chi connectivity index (χ0) is 14.7. The van der Waals surface area contributed by atoms with Gasteiger partial charge in [0.15, 0.2) is 0 Å². The van der Waals surface area contributed by atoms with Crippen molar-refractivity contribution in [3.05, 3.63) is 51.7 Å². The first-order chi connectivity index (χ1) is 9.51. The highest BCUT2D eigenvalue weighted by molar-refractivity contribution is 7.98. The van der Waals surface area contributed by atoms with E-state index in [9.17, 15) is 0 Å². The van der Waals surface area contributed by atoms with E-state index in [-0.39, 0.29) is 0 Å². The van der Waals surface area contributed by atoms with Crippen LogP contribution in [0.5, 0.6) is 0 Å². The average molecular weight is 287 g/mol. The molecule has 1 aromatic heterocycles. The highest BCUT2D eigenvalue weighted by Crippen LogP contribution is 2.27. The Balaban J connectivity index is 2.20. The van der Waals surface area contributed by atoms with E-state index in [0.717, 1.165) is 27.6 Å². The van der Waals surface area contributed by atoms with Gasteiger partial charge in [-0.15, -0.1) is 5.10 Å². The standard InChI is InChI=1S/C16H21N3S/c1-10-5-11(2)7-14(6-10)9-20-16-15(8-17)12(3)13(4)18-19-16/h5-7H,8-9,17H2,1-4H3. The van der Waals surface area contributed by atoms with Crippen LogP contribution in [0.15, 0.2) is 23.2 Å². The molecule has 2 rings (SSSR count). The molecule has 0 atom stereocenters. The summed E-state index contributed by atoms with van der Waals surface area (Å²) in [6, 6.07) is 6.63. The zero-order valence-electron chi connectivity index (χ0n) is 12.5. The monoisotopic (exact) mass is 287 g/mol. The third-order valence-corrected chi connectivity index (χ3v) is 4.48. The Morgan fingerprint density at radius 1 is 1.00 bits per heavy atom. The van der Waals surface area contributed by atoms with Crippen LogP contribution in [-0.4, -0.2) is 10.2 Å². The number of rotatable bonds is 4. The van der Waals surface area contributed by atoms with Crippen LogP contribution in [-0.2, 0) is 12.3 Å². The van der Waals surface area contributed by atoms with E-state index in [1.807, 2.05) is 6.92 Å². The van der Waals surface area contributed by atoms with Crippen molar-refractivity contribution in [3.8, 4) is 0 Å². The fourth-order valence-electron chi connectivity index (χ4n) is 2.29. The van der Waals surface area contributed by atoms with Crippen molar-refractivity contribution in [2.45, 2.75) is 45.0 Å². The number of nitrogens with zero attached hydrogens (tertiary/aromatic N) is 2. The lowest BCUT2D eigenvalue weighted by atomic mass is 10.1. The quantitative estimate of drug-likeness (QED) is 0.875. The van der Waals surface area contributed by atoms with Gasteiger partial charge in [-0.05, 0) is 38.8 Å². The second kappa shape index (κ2) is 6.37. The highest BCUT2D eigenvalue weighted by atomic mass is 32.2. The minimum absolute atomic E-state index is 0.511. The Bertz CT molecular complexity index is 603. The number of nitrogens with two attached hydrogens (primary N) is 1. The van der Waals surface area contributed by atoms with Crippen LogP contribution in [0, 0.1) is 27.7 Å². The maximum absolute atomic E-state index is 5.86. The molecule has 0 spiro atoms. The van der Waals surface area contributed by atoms with Gasteiger partial charge in [-0.1, -0.05) is 41.1 Å². The van der Waals surface area contributed by atoms with Crippen LogP contribution in [0.2, 0.25) is 0 Å². The first-order valence-corrected chi connectivity index (χ1v) is 7.72. The van der Waals surface area contributed by atoms with Crippen LogP contribution in [0.3, 0.4) is 0 Å². The minimum Gasteiger partial charge on any atom is -0.326 e. The summed E-state index contributed by atoms with van der Waals surface area (Å²) >= 11 is 1.71. The molecule has 1 heterocycles. The summed E-state index contributed by atoms with van der Waals surface area (Å²) in [7, 11) is 0. The van der Waals surface area contributed by atoms with Gasteiger partial charge in [-0.25, -0.2) is 0 Å². The predicted molar refractivity (Wildman–Crippen MR) is 84.9 cm³/mol. The molecule has 106 valence electrons. The summed E-state index contributed by atoms with van der Waals surface area (Å²) in [6.07, 6.45) is 0. The van der Waals surface area contributed by atoms with E-state index in [1.165, 1.54) is 16.7 Å². The van der Waals surface area contributed by atoms with E-state index in [2.05, 4.69) is 49.2 Å². The van der Waals surface area contributed by atoms with Gasteiger partial charge in [-0.3, -0.25) is 0 Å². The molecular formula is C16H21N3S. The number of aromatic nitrogens is 2. The van der Waals surface area contributed by atoms with E-state index >= 15 is 0 Å². The summed E-state index contributed by atoms with van der Waals surface area (Å²) in [6.45, 7) is 8.80. The summed E-state index contributed by atoms with van der Waals surface area (Å²) in [4.78, 5) is 0. The molecule has 20 heavy (non-hydrogen) atoms. The molecule has 0 radical (unpaired) electrons. The maximum atomic E-state index is 5.86. The Morgan fingerprint density at radius 2 is 1.65 bits per heavy atom. The Labute approximate surface area is 125 Å². The van der Waals surface area contributed by atoms with E-state index < -0.39 is 0 Å². The molecule has 2 aromatic rings. The smallest absolute Gasteiger partial charge is 0.124 e. The molecule has 0 fully saturated rings. The molecule has 0 aliphatic carbocycles. The number of aryl methyl sites for hydroxylation is 3. The molecule has 1 aromatic carbocycles. The van der Waals surface area contributed by atoms with Gasteiger partial charge in [0.2, 0.25) is 0 Å². The van der Waals surface area contributed by atoms with Gasteiger partial charge in [0.25, 0.3) is 0 Å². The maximum Gasteiger partial charge on any atom is 0.124 e. The minimum atomic E-state index is 0.511. The molecule has 0 bridgehead atoms. The number of hydrogen-bond donors (Lipinski definition) is 1. The van der Waals surface area contributed by atoms with Crippen LogP contribution in [0.1, 0.15) is 33.5 Å². The molecule has 0 unspecified atom stereocenters. The number of hydrogen-bond acceptors (Lipinski definition) is 4. The fourth-order valence-corrected chi connectivity index (χ4v) is 3.27. The number of thioether (sulfide) groups is 1. The topological polar surface area (TPSA) is 51.8 Å². The van der Waals surface area contributed by atoms with Crippen molar-refractivity contribution >= 4 is 11.8 Å². The van der Waals surface area contributed by atoms with Gasteiger partial charge in [0.05, 0.1) is 5.69 Å². The second-order valence-electron chi connectivity index (χ2n) is 5.18. The number of benzene rings is 1. The van der Waals surface area contributed by atoms with Crippen molar-refractivity contribution in [2.75, 3.05) is 0 Å². The highest BCUT2D eigenvalue weighted by Gasteiger charge is 2.10. The van der Waals surface area contributed by atoms with E-state index in [1.54, 1.807) is 11.8 Å². The largest absolute Gasteiger partial charge is 0.326 e. The van der Waals surface area contributed by atoms with Gasteiger partial charge in [-0.2, -0.15) is 5.10 Å². The molecule has 0 saturated heterocycles. The third-order valence-electron chi connectivity index (χ3n) is 3.41. The predicted octanol–water partition coefficient (Wildman–Crippen LogP) is 3.46. The van der Waals surface area contributed by atoms with Gasteiger partial charge >= 0.3 is 0 Å². The second-order valence-corrected chi connectivity index (χ2v) is 6.15. The van der Waals surface area contributed by atoms with Crippen molar-refractivity contribution in [1.29, 1.82) is 0 Å². The molecule has 0 amide bonds. The normalized spacial score (nSPS) is 10.8. The van der Waals surface area contributed by atoms with Crippen LogP contribution in [0.4, 0.5) is 0 Å². The van der Waals surface area contributed by atoms with E-state index in [4.69, 9.17) is 5.73 Å². The Hall–Kier alpha value is -1.39. The molecular weight excluding hydrogens is 266 g/mol. The van der Waals surface area contributed by atoms with Gasteiger partial charge in [0, 0.05) is 17.9 Å². The summed E-state index contributed by atoms with van der Waals surface area (Å²) in [5.74, 6) is 0.896. The fraction of sp³-hybridized carbons (Fsp3) is 0.375. The first kappa shape index (κ1) is 15.0. The van der Waals surface area contributed by atoms with Crippen molar-refractivity contribution in [3.63, 3.8) is 0 Å². The lowest BCUT2D eigenvalue weighted by molar-refractivity contribution is 0.824. The summed E-state index contributed by atoms with van der Waals surface area (Å²) in [5, 5.41) is 9.46. The van der Waals surface area contributed by atoms with Crippen LogP contribution in [0.25, 0.3) is 0 Å². The van der Waals surface area contributed by atoms with E-state index in [0.29, 0.717) is 6.54 Å². The third kappa shape index (κ3) is 3.38. The molecule has 0 aliphatic rings. The molecule has 4 heteroatoms. The Kier molecular flexibility index (Phi) is 4.78. The lowest BCUT2D eigenvalue weighted by Crippen LogP contribution is -2.07. The van der Waals surface area contributed by atoms with Crippen molar-refractivity contribution in [1.82, 2.24) is 10.2 Å². The molecule has 2 N–H and O–H groups in total. The summed E-state index contributed by atoms with van der Waals surface area (Å²) in [5.41, 5.74) is 13.0. The molecule has 0 aliphatic heterocycles. The van der Waals surface area contributed by atoms with Crippen LogP contribution >= 0.6 is 11.8 Å². The average Bonchev–Trinajstić information content (AvgIpc) is 2.39. The van der Waals surface area contributed by atoms with Crippen LogP contribution < -0.4 is 5.73 Å². The van der Waals surface area contributed by atoms with Crippen molar-refractivity contribution in [2.24, 2.45) is 5.73 Å². The first-order valence-electron chi connectivity index (χ1n) is 6.74. The molecule has 0 saturated carbocycles. The lowest BCUT2D eigenvalue weighted by Gasteiger charge is -2.11. The zero-order valence-corrected chi connectivity index (χ0v) is 13.3. The molecule has 3 nitrogen and oxygen atoms in total. The van der Waals surface area contributed by atoms with Crippen molar-refractivity contribution < 1.29 is 0 Å². The van der Waals surface area contributed by atoms with Gasteiger partial charge < -0.3 is 5.73 Å².